The van der Waals surface area contributed by atoms with Crippen LogP contribution in [-0.2, 0) is 9.47 Å². The van der Waals surface area contributed by atoms with Gasteiger partial charge in [0.05, 0.1) is 24.9 Å². The van der Waals surface area contributed by atoms with E-state index in [1.54, 1.807) is 0 Å². The van der Waals surface area contributed by atoms with Gasteiger partial charge in [-0.25, -0.2) is 9.18 Å². The molecule has 0 aliphatic carbocycles. The summed E-state index contributed by atoms with van der Waals surface area (Å²) in [5.74, 6) is -1.24. The molecule has 0 spiro atoms. The molecule has 4 nitrogen and oxygen atoms in total. The van der Waals surface area contributed by atoms with Crippen molar-refractivity contribution >= 4 is 5.97 Å². The van der Waals surface area contributed by atoms with E-state index >= 15 is 0 Å². The van der Waals surface area contributed by atoms with Crippen LogP contribution in [0.3, 0.4) is 0 Å². The first kappa shape index (κ1) is 14.0. The van der Waals surface area contributed by atoms with Crippen molar-refractivity contribution in [1.82, 2.24) is 5.32 Å². The van der Waals surface area contributed by atoms with E-state index in [2.05, 4.69) is 10.1 Å². The van der Waals surface area contributed by atoms with Gasteiger partial charge in [0.2, 0.25) is 0 Å². The predicted molar refractivity (Wildman–Crippen MR) is 68.6 cm³/mol. The molecule has 0 aromatic heterocycles. The summed E-state index contributed by atoms with van der Waals surface area (Å²) < 4.78 is 24.3. The second-order valence-electron chi connectivity index (χ2n) is 4.77. The van der Waals surface area contributed by atoms with Gasteiger partial charge >= 0.3 is 5.97 Å². The van der Waals surface area contributed by atoms with Gasteiger partial charge in [-0.05, 0) is 37.1 Å². The van der Waals surface area contributed by atoms with Crippen LogP contribution in [0.25, 0.3) is 0 Å². The van der Waals surface area contributed by atoms with Crippen molar-refractivity contribution in [2.45, 2.75) is 26.1 Å². The number of aryl methyl sites for hydroxylation is 1. The highest BCUT2D eigenvalue weighted by Crippen LogP contribution is 2.27. The number of rotatable bonds is 2. The molecule has 1 aromatic rings. The molecule has 0 saturated carbocycles. The maximum atomic E-state index is 13.9. The third kappa shape index (κ3) is 2.93. The lowest BCUT2D eigenvalue weighted by atomic mass is 9.99. The van der Waals surface area contributed by atoms with E-state index in [9.17, 15) is 9.18 Å². The molecule has 0 bridgehead atoms. The van der Waals surface area contributed by atoms with Gasteiger partial charge in [-0.2, -0.15) is 0 Å². The summed E-state index contributed by atoms with van der Waals surface area (Å²) in [6.07, 6.45) is -0.105. The van der Waals surface area contributed by atoms with Gasteiger partial charge in [0.1, 0.15) is 5.82 Å². The molecule has 5 heteroatoms. The van der Waals surface area contributed by atoms with Crippen molar-refractivity contribution in [2.75, 3.05) is 20.2 Å². The number of nitrogens with one attached hydrogen (secondary N) is 1. The summed E-state index contributed by atoms with van der Waals surface area (Å²) in [7, 11) is 1.24. The largest absolute Gasteiger partial charge is 0.465 e. The molecule has 1 N–H and O–H groups in total. The number of esters is 1. The Morgan fingerprint density at radius 3 is 2.84 bits per heavy atom. The Balaban J connectivity index is 2.32. The minimum Gasteiger partial charge on any atom is -0.465 e. The van der Waals surface area contributed by atoms with E-state index in [1.165, 1.54) is 19.2 Å². The molecule has 1 saturated heterocycles. The van der Waals surface area contributed by atoms with Crippen LogP contribution in [0.2, 0.25) is 0 Å². The normalized spacial score (nSPS) is 23.2. The summed E-state index contributed by atoms with van der Waals surface area (Å²) in [5, 5.41) is 3.24. The molecule has 1 aliphatic heterocycles. The van der Waals surface area contributed by atoms with Crippen molar-refractivity contribution in [3.05, 3.63) is 34.6 Å². The van der Waals surface area contributed by atoms with Crippen molar-refractivity contribution in [2.24, 2.45) is 0 Å². The van der Waals surface area contributed by atoms with Crippen molar-refractivity contribution in [3.63, 3.8) is 0 Å². The Morgan fingerprint density at radius 2 is 2.21 bits per heavy atom. The van der Waals surface area contributed by atoms with Gasteiger partial charge in [0, 0.05) is 13.1 Å². The molecular weight excluding hydrogens is 249 g/mol. The molecule has 1 aromatic carbocycles. The highest BCUT2D eigenvalue weighted by molar-refractivity contribution is 5.90. The zero-order valence-electron chi connectivity index (χ0n) is 11.3. The monoisotopic (exact) mass is 267 g/mol. The smallest absolute Gasteiger partial charge is 0.340 e. The quantitative estimate of drug-likeness (QED) is 0.832. The van der Waals surface area contributed by atoms with Crippen LogP contribution < -0.4 is 5.32 Å². The highest BCUT2D eigenvalue weighted by atomic mass is 19.1. The summed E-state index contributed by atoms with van der Waals surface area (Å²) in [6, 6.07) is 2.88. The second-order valence-corrected chi connectivity index (χ2v) is 4.77. The summed E-state index contributed by atoms with van der Waals surface area (Å²) in [4.78, 5) is 11.4. The fourth-order valence-electron chi connectivity index (χ4n) is 2.29. The Hall–Kier alpha value is -1.46. The van der Waals surface area contributed by atoms with E-state index in [4.69, 9.17) is 4.74 Å². The number of methoxy groups -OCH3 is 1. The molecule has 0 unspecified atom stereocenters. The van der Waals surface area contributed by atoms with Crippen LogP contribution in [0.15, 0.2) is 12.1 Å². The maximum Gasteiger partial charge on any atom is 0.340 e. The highest BCUT2D eigenvalue weighted by Gasteiger charge is 2.24. The van der Waals surface area contributed by atoms with Gasteiger partial charge in [-0.15, -0.1) is 0 Å². The summed E-state index contributed by atoms with van der Waals surface area (Å²) >= 11 is 0. The van der Waals surface area contributed by atoms with E-state index in [-0.39, 0.29) is 17.8 Å². The first-order valence-electron chi connectivity index (χ1n) is 6.27. The third-order valence-corrected chi connectivity index (χ3v) is 3.27. The van der Waals surface area contributed by atoms with Crippen LogP contribution in [0.4, 0.5) is 4.39 Å². The van der Waals surface area contributed by atoms with E-state index in [0.717, 1.165) is 17.7 Å². The Labute approximate surface area is 111 Å². The molecule has 104 valence electrons. The van der Waals surface area contributed by atoms with E-state index < -0.39 is 11.8 Å². The standard InChI is InChI=1S/C14H18FNO3/c1-8-4-11(14(17)18-3)12(15)5-10(8)13-7-16-6-9(2)19-13/h4-5,9,13,16H,6-7H2,1-3H3/t9-,13-/m0/s1. The van der Waals surface area contributed by atoms with Crippen molar-refractivity contribution < 1.29 is 18.7 Å². The van der Waals surface area contributed by atoms with Crippen LogP contribution in [0.5, 0.6) is 0 Å². The zero-order valence-corrected chi connectivity index (χ0v) is 11.3. The lowest BCUT2D eigenvalue weighted by molar-refractivity contribution is -0.0291. The van der Waals surface area contributed by atoms with Crippen LogP contribution in [0.1, 0.15) is 34.5 Å². The number of hydrogen-bond donors (Lipinski definition) is 1. The topological polar surface area (TPSA) is 47.6 Å². The fraction of sp³-hybridized carbons (Fsp3) is 0.500. The average Bonchev–Trinajstić information content (AvgIpc) is 2.40. The average molecular weight is 267 g/mol. The van der Waals surface area contributed by atoms with Gasteiger partial charge in [-0.1, -0.05) is 0 Å². The predicted octanol–water partition coefficient (Wildman–Crippen LogP) is 1.97. The Bertz CT molecular complexity index is 490. The molecule has 1 aliphatic rings. The molecule has 2 atom stereocenters. The molecular formula is C14H18FNO3. The van der Waals surface area contributed by atoms with E-state index in [1.807, 2.05) is 13.8 Å². The zero-order chi connectivity index (χ0) is 14.0. The lowest BCUT2D eigenvalue weighted by Crippen LogP contribution is -2.39. The number of ether oxygens (including phenoxy) is 2. The van der Waals surface area contributed by atoms with Gasteiger partial charge in [0.25, 0.3) is 0 Å². The van der Waals surface area contributed by atoms with Crippen LogP contribution in [-0.4, -0.2) is 32.3 Å². The summed E-state index contributed by atoms with van der Waals surface area (Å²) in [5.41, 5.74) is 1.55. The Kier molecular flexibility index (Phi) is 4.17. The second kappa shape index (κ2) is 5.67. The molecule has 0 amide bonds. The summed E-state index contributed by atoms with van der Waals surface area (Å²) in [6.45, 7) is 5.23. The SMILES string of the molecule is COC(=O)c1cc(C)c([C@@H]2CNC[C@H](C)O2)cc1F. The minimum absolute atomic E-state index is 0.0411. The van der Waals surface area contributed by atoms with Gasteiger partial charge < -0.3 is 14.8 Å². The number of benzene rings is 1. The first-order valence-corrected chi connectivity index (χ1v) is 6.27. The van der Waals surface area contributed by atoms with Crippen molar-refractivity contribution in [3.8, 4) is 0 Å². The number of carbonyl (C=O) groups is 1. The fourth-order valence-corrected chi connectivity index (χ4v) is 2.29. The third-order valence-electron chi connectivity index (χ3n) is 3.27. The van der Waals surface area contributed by atoms with Crippen LogP contribution >= 0.6 is 0 Å². The molecule has 1 fully saturated rings. The number of halogens is 1. The van der Waals surface area contributed by atoms with Crippen LogP contribution in [0, 0.1) is 12.7 Å². The number of hydrogen-bond acceptors (Lipinski definition) is 4. The Morgan fingerprint density at radius 1 is 1.47 bits per heavy atom. The lowest BCUT2D eigenvalue weighted by Gasteiger charge is -2.30. The molecule has 1 heterocycles. The van der Waals surface area contributed by atoms with Gasteiger partial charge in [0.15, 0.2) is 0 Å². The number of carbonyl (C=O) groups excluding carboxylic acids is 1. The van der Waals surface area contributed by atoms with E-state index in [0.29, 0.717) is 6.54 Å². The minimum atomic E-state index is -0.664. The molecule has 0 radical (unpaired) electrons. The first-order chi connectivity index (χ1) is 9.02. The maximum absolute atomic E-state index is 13.9. The van der Waals surface area contributed by atoms with Gasteiger partial charge in [-0.3, -0.25) is 0 Å². The molecule has 2 rings (SSSR count). The van der Waals surface area contributed by atoms with Crippen molar-refractivity contribution in [1.29, 1.82) is 0 Å². The molecule has 19 heavy (non-hydrogen) atoms. The number of morpholine rings is 1.